The molecule has 7 nitrogen and oxygen atoms in total. The highest BCUT2D eigenvalue weighted by Crippen LogP contribution is 2.23. The third kappa shape index (κ3) is 5.43. The zero-order chi connectivity index (χ0) is 21.0. The quantitative estimate of drug-likeness (QED) is 0.709. The summed E-state index contributed by atoms with van der Waals surface area (Å²) in [6.07, 6.45) is 4.61. The largest absolute Gasteiger partial charge is 0.352 e. The summed E-state index contributed by atoms with van der Waals surface area (Å²) in [5.74, 6) is 0.451. The monoisotopic (exact) mass is 421 g/mol. The van der Waals surface area contributed by atoms with Gasteiger partial charge in [-0.3, -0.25) is 14.5 Å². The van der Waals surface area contributed by atoms with Crippen LogP contribution >= 0.6 is 0 Å². The number of carbonyl (C=O) groups excluding carboxylic acids is 2. The summed E-state index contributed by atoms with van der Waals surface area (Å²) < 4.78 is 27.1. The lowest BCUT2D eigenvalue weighted by Gasteiger charge is -2.34. The van der Waals surface area contributed by atoms with E-state index >= 15 is 0 Å². The van der Waals surface area contributed by atoms with Crippen LogP contribution in [0.2, 0.25) is 0 Å². The van der Waals surface area contributed by atoms with Gasteiger partial charge >= 0.3 is 0 Å². The van der Waals surface area contributed by atoms with Gasteiger partial charge in [0, 0.05) is 37.8 Å². The van der Waals surface area contributed by atoms with Gasteiger partial charge in [-0.2, -0.15) is 4.31 Å². The number of Topliss-reactive ketones (excluding diaryl/α,β-unsaturated/α-hetero) is 1. The van der Waals surface area contributed by atoms with Crippen molar-refractivity contribution in [3.05, 3.63) is 29.8 Å². The van der Waals surface area contributed by atoms with Crippen molar-refractivity contribution in [3.8, 4) is 0 Å². The second-order valence-electron chi connectivity index (χ2n) is 8.20. The van der Waals surface area contributed by atoms with Gasteiger partial charge in [0.15, 0.2) is 5.78 Å². The molecule has 0 radical (unpaired) electrons. The van der Waals surface area contributed by atoms with E-state index in [1.807, 2.05) is 4.90 Å². The fourth-order valence-electron chi connectivity index (χ4n) is 4.12. The standard InChI is InChI=1S/C21H31N3O4S/c1-16-5-3-4-6-20(16)22-21(26)15-23-11-13-24(14-12-23)29(27,28)19-9-7-18(8-10-19)17(2)25/h7-10,16,20H,3-6,11-15H2,1-2H3,(H,22,26)/t16-,20+/m1/s1. The number of benzene rings is 1. The molecule has 2 aliphatic rings. The number of carbonyl (C=O) groups is 2. The van der Waals surface area contributed by atoms with E-state index in [-0.39, 0.29) is 22.6 Å². The van der Waals surface area contributed by atoms with Crippen LogP contribution in [-0.2, 0) is 14.8 Å². The number of nitrogens with one attached hydrogen (secondary N) is 1. The van der Waals surface area contributed by atoms with Crippen LogP contribution in [0.1, 0.15) is 49.9 Å². The Morgan fingerprint density at radius 2 is 1.66 bits per heavy atom. The van der Waals surface area contributed by atoms with Gasteiger partial charge in [-0.1, -0.05) is 31.9 Å². The Balaban J connectivity index is 1.51. The summed E-state index contributed by atoms with van der Waals surface area (Å²) in [6.45, 7) is 5.71. The van der Waals surface area contributed by atoms with Crippen LogP contribution in [0.3, 0.4) is 0 Å². The molecule has 2 fully saturated rings. The lowest BCUT2D eigenvalue weighted by molar-refractivity contribution is -0.123. The van der Waals surface area contributed by atoms with Crippen LogP contribution in [0.5, 0.6) is 0 Å². The fourth-order valence-corrected chi connectivity index (χ4v) is 5.55. The summed E-state index contributed by atoms with van der Waals surface area (Å²) >= 11 is 0. The third-order valence-corrected chi connectivity index (χ3v) is 7.97. The number of nitrogens with zero attached hydrogens (tertiary/aromatic N) is 2. The van der Waals surface area contributed by atoms with Gasteiger partial charge in [-0.25, -0.2) is 8.42 Å². The lowest BCUT2D eigenvalue weighted by Crippen LogP contribution is -2.52. The summed E-state index contributed by atoms with van der Waals surface area (Å²) in [5.41, 5.74) is 0.493. The van der Waals surface area contributed by atoms with Gasteiger partial charge in [-0.05, 0) is 37.8 Å². The van der Waals surface area contributed by atoms with Crippen LogP contribution in [0.4, 0.5) is 0 Å². The van der Waals surface area contributed by atoms with Crippen molar-refractivity contribution >= 4 is 21.7 Å². The van der Waals surface area contributed by atoms with Crippen molar-refractivity contribution in [3.63, 3.8) is 0 Å². The van der Waals surface area contributed by atoms with Crippen molar-refractivity contribution < 1.29 is 18.0 Å². The number of hydrogen-bond donors (Lipinski definition) is 1. The van der Waals surface area contributed by atoms with E-state index in [1.165, 1.54) is 36.2 Å². The molecule has 29 heavy (non-hydrogen) atoms. The van der Waals surface area contributed by atoms with Gasteiger partial charge in [0.25, 0.3) is 0 Å². The normalized spacial score (nSPS) is 24.2. The molecule has 1 aliphatic carbocycles. The molecule has 1 aliphatic heterocycles. The summed E-state index contributed by atoms with van der Waals surface area (Å²) in [5, 5.41) is 3.16. The SMILES string of the molecule is CC(=O)c1ccc(S(=O)(=O)N2CCN(CC(=O)N[C@H]3CCCC[C@H]3C)CC2)cc1. The highest BCUT2D eigenvalue weighted by Gasteiger charge is 2.30. The molecule has 0 unspecified atom stereocenters. The number of hydrogen-bond acceptors (Lipinski definition) is 5. The number of piperazine rings is 1. The highest BCUT2D eigenvalue weighted by atomic mass is 32.2. The van der Waals surface area contributed by atoms with E-state index in [0.29, 0.717) is 44.2 Å². The molecule has 1 saturated carbocycles. The van der Waals surface area contributed by atoms with Gasteiger partial charge in [-0.15, -0.1) is 0 Å². The van der Waals surface area contributed by atoms with E-state index in [1.54, 1.807) is 12.1 Å². The number of sulfonamides is 1. The summed E-state index contributed by atoms with van der Waals surface area (Å²) in [4.78, 5) is 26.0. The Morgan fingerprint density at radius 3 is 2.24 bits per heavy atom. The van der Waals surface area contributed by atoms with Crippen molar-refractivity contribution in [1.82, 2.24) is 14.5 Å². The predicted octanol–water partition coefficient (Wildman–Crippen LogP) is 1.89. The van der Waals surface area contributed by atoms with Crippen molar-refractivity contribution in [2.75, 3.05) is 32.7 Å². The molecule has 8 heteroatoms. The second kappa shape index (κ2) is 9.36. The van der Waals surface area contributed by atoms with Gasteiger partial charge in [0.1, 0.15) is 0 Å². The molecule has 1 saturated heterocycles. The van der Waals surface area contributed by atoms with E-state index in [2.05, 4.69) is 12.2 Å². The van der Waals surface area contributed by atoms with Crippen LogP contribution in [0.15, 0.2) is 29.2 Å². The first-order valence-electron chi connectivity index (χ1n) is 10.4. The molecule has 1 amide bonds. The zero-order valence-corrected chi connectivity index (χ0v) is 18.1. The van der Waals surface area contributed by atoms with E-state index in [4.69, 9.17) is 0 Å². The maximum absolute atomic E-state index is 12.8. The summed E-state index contributed by atoms with van der Waals surface area (Å²) in [6, 6.07) is 6.31. The van der Waals surface area contributed by atoms with Crippen LogP contribution < -0.4 is 5.32 Å². The molecule has 3 rings (SSSR count). The van der Waals surface area contributed by atoms with Gasteiger partial charge in [0.05, 0.1) is 11.4 Å². The van der Waals surface area contributed by atoms with Crippen molar-refractivity contribution in [2.24, 2.45) is 5.92 Å². The number of rotatable bonds is 6. The Labute approximate surface area is 173 Å². The highest BCUT2D eigenvalue weighted by molar-refractivity contribution is 7.89. The van der Waals surface area contributed by atoms with Crippen LogP contribution in [-0.4, -0.2) is 68.1 Å². The third-order valence-electron chi connectivity index (χ3n) is 6.05. The Kier molecular flexibility index (Phi) is 7.08. The average molecular weight is 422 g/mol. The molecule has 1 heterocycles. The predicted molar refractivity (Wildman–Crippen MR) is 111 cm³/mol. The fraction of sp³-hybridized carbons (Fsp3) is 0.619. The van der Waals surface area contributed by atoms with E-state index in [9.17, 15) is 18.0 Å². The van der Waals surface area contributed by atoms with Crippen LogP contribution in [0.25, 0.3) is 0 Å². The summed E-state index contributed by atoms with van der Waals surface area (Å²) in [7, 11) is -3.59. The maximum Gasteiger partial charge on any atom is 0.243 e. The first-order chi connectivity index (χ1) is 13.8. The van der Waals surface area contributed by atoms with Gasteiger partial charge in [0.2, 0.25) is 15.9 Å². The van der Waals surface area contributed by atoms with Crippen molar-refractivity contribution in [2.45, 2.75) is 50.5 Å². The molecule has 160 valence electrons. The molecular formula is C21H31N3O4S. The molecule has 2 atom stereocenters. The Bertz CT molecular complexity index is 830. The first kappa shape index (κ1) is 21.9. The molecule has 0 spiro atoms. The molecule has 1 aromatic carbocycles. The molecule has 1 N–H and O–H groups in total. The molecule has 0 aromatic heterocycles. The molecular weight excluding hydrogens is 390 g/mol. The first-order valence-corrected chi connectivity index (χ1v) is 11.8. The Morgan fingerprint density at radius 1 is 1.03 bits per heavy atom. The zero-order valence-electron chi connectivity index (χ0n) is 17.3. The average Bonchev–Trinajstić information content (AvgIpc) is 2.70. The van der Waals surface area contributed by atoms with Crippen molar-refractivity contribution in [1.29, 1.82) is 0 Å². The Hall–Kier alpha value is -1.77. The molecule has 0 bridgehead atoms. The lowest BCUT2D eigenvalue weighted by atomic mass is 9.86. The minimum atomic E-state index is -3.59. The maximum atomic E-state index is 12.8. The number of ketones is 1. The topological polar surface area (TPSA) is 86.8 Å². The minimum Gasteiger partial charge on any atom is -0.352 e. The second-order valence-corrected chi connectivity index (χ2v) is 10.1. The minimum absolute atomic E-state index is 0.0277. The van der Waals surface area contributed by atoms with E-state index < -0.39 is 10.0 Å². The smallest absolute Gasteiger partial charge is 0.243 e. The number of amides is 1. The van der Waals surface area contributed by atoms with E-state index in [0.717, 1.165) is 12.8 Å². The van der Waals surface area contributed by atoms with Gasteiger partial charge < -0.3 is 5.32 Å². The van der Waals surface area contributed by atoms with Crippen LogP contribution in [0, 0.1) is 5.92 Å². The molecule has 1 aromatic rings.